The molecule has 1 atom stereocenters. The molecule has 0 aromatic heterocycles. The maximum Gasteiger partial charge on any atom is 0.328 e. The molecule has 0 aliphatic rings. The van der Waals surface area contributed by atoms with E-state index < -0.39 is 23.7 Å². The van der Waals surface area contributed by atoms with Crippen molar-refractivity contribution in [2.75, 3.05) is 7.11 Å². The minimum atomic E-state index is -0.748. The van der Waals surface area contributed by atoms with Crippen molar-refractivity contribution in [3.63, 3.8) is 0 Å². The molecule has 1 amide bonds. The summed E-state index contributed by atoms with van der Waals surface area (Å²) in [6, 6.07) is 3.05. The third-order valence-corrected chi connectivity index (χ3v) is 3.36. The predicted octanol–water partition coefficient (Wildman–Crippen LogP) is 2.91. The Morgan fingerprint density at radius 3 is 2.60 bits per heavy atom. The molecule has 20 heavy (non-hydrogen) atoms. The van der Waals surface area contributed by atoms with Gasteiger partial charge < -0.3 is 10.1 Å². The fraction of sp³-hybridized carbons (Fsp3) is 0.429. The van der Waals surface area contributed by atoms with Crippen LogP contribution in [-0.4, -0.2) is 25.0 Å². The van der Waals surface area contributed by atoms with Gasteiger partial charge >= 0.3 is 5.97 Å². The van der Waals surface area contributed by atoms with Crippen LogP contribution in [0.5, 0.6) is 0 Å². The van der Waals surface area contributed by atoms with Gasteiger partial charge in [-0.2, -0.15) is 0 Å². The first kappa shape index (κ1) is 16.6. The Kier molecular flexibility index (Phi) is 6.13. The summed E-state index contributed by atoms with van der Waals surface area (Å²) in [5.41, 5.74) is 0.141. The van der Waals surface area contributed by atoms with Gasteiger partial charge in [0.2, 0.25) is 0 Å². The number of benzene rings is 1. The van der Waals surface area contributed by atoms with E-state index >= 15 is 0 Å². The Hall–Kier alpha value is -1.43. The van der Waals surface area contributed by atoms with Gasteiger partial charge in [-0.1, -0.05) is 13.8 Å². The van der Waals surface area contributed by atoms with Crippen molar-refractivity contribution in [2.24, 2.45) is 5.92 Å². The van der Waals surface area contributed by atoms with Gasteiger partial charge in [-0.3, -0.25) is 4.79 Å². The largest absolute Gasteiger partial charge is 0.467 e. The van der Waals surface area contributed by atoms with Gasteiger partial charge in [-0.15, -0.1) is 0 Å². The minimum absolute atomic E-state index is 0.141. The van der Waals surface area contributed by atoms with Gasteiger partial charge in [0.15, 0.2) is 0 Å². The van der Waals surface area contributed by atoms with Gasteiger partial charge in [-0.05, 0) is 46.5 Å². The van der Waals surface area contributed by atoms with E-state index in [1.165, 1.54) is 19.2 Å². The zero-order valence-corrected chi connectivity index (χ0v) is 13.2. The Labute approximate surface area is 125 Å². The summed E-state index contributed by atoms with van der Waals surface area (Å²) >= 11 is 3.18. The molecule has 0 saturated carbocycles. The molecule has 0 fully saturated rings. The van der Waals surface area contributed by atoms with E-state index in [-0.39, 0.29) is 11.5 Å². The van der Waals surface area contributed by atoms with Crippen LogP contribution in [0.4, 0.5) is 4.39 Å². The van der Waals surface area contributed by atoms with E-state index in [1.807, 2.05) is 13.8 Å². The number of hydrogen-bond acceptors (Lipinski definition) is 3. The van der Waals surface area contributed by atoms with Gasteiger partial charge in [0.1, 0.15) is 11.9 Å². The fourth-order valence-electron chi connectivity index (χ4n) is 1.74. The Balaban J connectivity index is 2.90. The molecular formula is C14H17BrFNO3. The lowest BCUT2D eigenvalue weighted by Crippen LogP contribution is -2.42. The molecule has 0 radical (unpaired) electrons. The summed E-state index contributed by atoms with van der Waals surface area (Å²) < 4.78 is 18.3. The van der Waals surface area contributed by atoms with Crippen molar-refractivity contribution >= 4 is 27.8 Å². The van der Waals surface area contributed by atoms with Crippen molar-refractivity contribution in [1.82, 2.24) is 5.32 Å². The van der Waals surface area contributed by atoms with E-state index in [1.54, 1.807) is 0 Å². The first-order valence-corrected chi connectivity index (χ1v) is 6.98. The normalized spacial score (nSPS) is 12.1. The molecule has 1 aromatic rings. The van der Waals surface area contributed by atoms with Crippen LogP contribution in [-0.2, 0) is 9.53 Å². The first-order chi connectivity index (χ1) is 9.35. The van der Waals surface area contributed by atoms with Gasteiger partial charge in [0.25, 0.3) is 5.91 Å². The molecule has 6 heteroatoms. The maximum atomic E-state index is 13.2. The summed E-state index contributed by atoms with van der Waals surface area (Å²) in [6.07, 6.45) is 0.450. The number of ether oxygens (including phenoxy) is 1. The van der Waals surface area contributed by atoms with Crippen LogP contribution < -0.4 is 5.32 Å². The summed E-state index contributed by atoms with van der Waals surface area (Å²) in [4.78, 5) is 23.8. The molecule has 0 aliphatic heterocycles. The molecule has 4 nitrogen and oxygen atoms in total. The molecule has 1 N–H and O–H groups in total. The molecule has 1 rings (SSSR count). The highest BCUT2D eigenvalue weighted by atomic mass is 79.9. The summed E-state index contributed by atoms with van der Waals surface area (Å²) in [5, 5.41) is 2.57. The van der Waals surface area contributed by atoms with E-state index in [0.29, 0.717) is 10.9 Å². The van der Waals surface area contributed by atoms with Crippen LogP contribution in [0, 0.1) is 11.7 Å². The highest BCUT2D eigenvalue weighted by molar-refractivity contribution is 9.10. The van der Waals surface area contributed by atoms with Crippen molar-refractivity contribution in [3.8, 4) is 0 Å². The second kappa shape index (κ2) is 7.38. The van der Waals surface area contributed by atoms with Gasteiger partial charge in [-0.25, -0.2) is 9.18 Å². The zero-order valence-electron chi connectivity index (χ0n) is 11.6. The third-order valence-electron chi connectivity index (χ3n) is 2.67. The Morgan fingerprint density at radius 2 is 2.05 bits per heavy atom. The van der Waals surface area contributed by atoms with E-state index in [2.05, 4.69) is 26.0 Å². The molecule has 0 heterocycles. The first-order valence-electron chi connectivity index (χ1n) is 6.19. The molecule has 0 spiro atoms. The molecule has 0 bridgehead atoms. The van der Waals surface area contributed by atoms with Crippen molar-refractivity contribution < 1.29 is 18.7 Å². The third kappa shape index (κ3) is 4.59. The van der Waals surface area contributed by atoms with Gasteiger partial charge in [0, 0.05) is 4.47 Å². The number of methoxy groups -OCH3 is 1. The topological polar surface area (TPSA) is 55.4 Å². The molecule has 0 aliphatic carbocycles. The average molecular weight is 346 g/mol. The Bertz CT molecular complexity index is 505. The number of esters is 1. The number of amides is 1. The van der Waals surface area contributed by atoms with Crippen molar-refractivity contribution in [3.05, 3.63) is 34.1 Å². The fourth-order valence-corrected chi connectivity index (χ4v) is 2.16. The average Bonchev–Trinajstić information content (AvgIpc) is 2.39. The lowest BCUT2D eigenvalue weighted by Gasteiger charge is -2.18. The number of rotatable bonds is 5. The molecule has 1 aromatic carbocycles. The monoisotopic (exact) mass is 345 g/mol. The predicted molar refractivity (Wildman–Crippen MR) is 76.8 cm³/mol. The van der Waals surface area contributed by atoms with Crippen LogP contribution >= 0.6 is 15.9 Å². The number of carbonyl (C=O) groups is 2. The van der Waals surface area contributed by atoms with Gasteiger partial charge in [0.05, 0.1) is 12.7 Å². The second-order valence-corrected chi connectivity index (χ2v) is 5.66. The highest BCUT2D eigenvalue weighted by Crippen LogP contribution is 2.18. The second-order valence-electron chi connectivity index (χ2n) is 4.80. The smallest absolute Gasteiger partial charge is 0.328 e. The minimum Gasteiger partial charge on any atom is -0.467 e. The van der Waals surface area contributed by atoms with Crippen LogP contribution in [0.25, 0.3) is 0 Å². The van der Waals surface area contributed by atoms with Crippen LogP contribution in [0.15, 0.2) is 22.7 Å². The maximum absolute atomic E-state index is 13.2. The highest BCUT2D eigenvalue weighted by Gasteiger charge is 2.24. The summed E-state index contributed by atoms with van der Waals surface area (Å²) in [6.45, 7) is 3.86. The zero-order chi connectivity index (χ0) is 15.3. The number of carbonyl (C=O) groups excluding carboxylic acids is 2. The molecule has 110 valence electrons. The van der Waals surface area contributed by atoms with Crippen molar-refractivity contribution in [1.29, 1.82) is 0 Å². The van der Waals surface area contributed by atoms with E-state index in [9.17, 15) is 14.0 Å². The lowest BCUT2D eigenvalue weighted by molar-refractivity contribution is -0.143. The lowest BCUT2D eigenvalue weighted by atomic mass is 10.0. The summed E-state index contributed by atoms with van der Waals surface area (Å²) in [5.74, 6) is -1.35. The quantitative estimate of drug-likeness (QED) is 0.834. The number of nitrogens with one attached hydrogen (secondary N) is 1. The van der Waals surface area contributed by atoms with E-state index in [4.69, 9.17) is 0 Å². The van der Waals surface area contributed by atoms with Crippen LogP contribution in [0.3, 0.4) is 0 Å². The number of hydrogen-bond donors (Lipinski definition) is 1. The standard InChI is InChI=1S/C14H17BrFNO3/c1-8(2)6-12(14(19)20-3)17-13(18)10-7-9(16)4-5-11(10)15/h4-5,7-8,12H,6H2,1-3H3,(H,17,18). The van der Waals surface area contributed by atoms with E-state index in [0.717, 1.165) is 6.07 Å². The van der Waals surface area contributed by atoms with Crippen LogP contribution in [0.1, 0.15) is 30.6 Å². The molecule has 1 unspecified atom stereocenters. The SMILES string of the molecule is COC(=O)C(CC(C)C)NC(=O)c1cc(F)ccc1Br. The summed E-state index contributed by atoms with van der Waals surface area (Å²) in [7, 11) is 1.26. The van der Waals surface area contributed by atoms with Crippen molar-refractivity contribution in [2.45, 2.75) is 26.3 Å². The number of halogens is 2. The Morgan fingerprint density at radius 1 is 1.40 bits per heavy atom. The van der Waals surface area contributed by atoms with Crippen LogP contribution in [0.2, 0.25) is 0 Å². The molecular weight excluding hydrogens is 329 g/mol. The molecule has 0 saturated heterocycles.